The third-order valence-electron chi connectivity index (χ3n) is 6.10. The number of amides is 1. The Kier molecular flexibility index (Phi) is 8.88. The van der Waals surface area contributed by atoms with Crippen molar-refractivity contribution in [3.63, 3.8) is 0 Å². The highest BCUT2D eigenvalue weighted by atomic mass is 79.9. The van der Waals surface area contributed by atoms with Crippen molar-refractivity contribution in [3.05, 3.63) is 70.6 Å². The van der Waals surface area contributed by atoms with Crippen LogP contribution in [0.3, 0.4) is 0 Å². The maximum Gasteiger partial charge on any atom is 0.243 e. The van der Waals surface area contributed by atoms with Gasteiger partial charge in [-0.05, 0) is 61.7 Å². The Hall–Kier alpha value is -2.89. The van der Waals surface area contributed by atoms with Crippen molar-refractivity contribution in [2.75, 3.05) is 18.4 Å². The Morgan fingerprint density at radius 1 is 1.14 bits per heavy atom. The van der Waals surface area contributed by atoms with Crippen LogP contribution in [0.15, 0.2) is 64.0 Å². The van der Waals surface area contributed by atoms with Gasteiger partial charge >= 0.3 is 0 Å². The van der Waals surface area contributed by atoms with Gasteiger partial charge in [0.2, 0.25) is 21.9 Å². The zero-order valence-corrected chi connectivity index (χ0v) is 22.9. The number of nitrogens with zero attached hydrogens (tertiary/aromatic N) is 3. The van der Waals surface area contributed by atoms with Crippen LogP contribution in [0.1, 0.15) is 38.3 Å². The number of hydrogen-bond acceptors (Lipinski definition) is 6. The van der Waals surface area contributed by atoms with Gasteiger partial charge in [-0.25, -0.2) is 22.8 Å². The molecule has 0 spiro atoms. The molecule has 4 rings (SSSR count). The van der Waals surface area contributed by atoms with Gasteiger partial charge < -0.3 is 10.6 Å². The van der Waals surface area contributed by atoms with E-state index in [2.05, 4.69) is 43.5 Å². The van der Waals surface area contributed by atoms with E-state index in [1.165, 1.54) is 16.4 Å². The van der Waals surface area contributed by atoms with E-state index in [4.69, 9.17) is 0 Å². The minimum atomic E-state index is -3.93. The van der Waals surface area contributed by atoms with E-state index in [9.17, 15) is 17.6 Å². The summed E-state index contributed by atoms with van der Waals surface area (Å²) >= 11 is 3.44. The average molecular weight is 591 g/mol. The number of benzene rings is 2. The van der Waals surface area contributed by atoms with Gasteiger partial charge in [0.05, 0.1) is 22.8 Å². The molecule has 3 aromatic rings. The molecule has 8 nitrogen and oxygen atoms in total. The molecule has 1 fully saturated rings. The van der Waals surface area contributed by atoms with Gasteiger partial charge in [-0.3, -0.25) is 4.79 Å². The summed E-state index contributed by atoms with van der Waals surface area (Å²) in [5, 5.41) is 6.10. The Balaban J connectivity index is 1.51. The Morgan fingerprint density at radius 2 is 1.86 bits per heavy atom. The molecule has 0 bridgehead atoms. The lowest BCUT2D eigenvalue weighted by Gasteiger charge is -2.23. The van der Waals surface area contributed by atoms with Crippen molar-refractivity contribution in [3.8, 4) is 11.3 Å². The van der Waals surface area contributed by atoms with Crippen LogP contribution in [0.25, 0.3) is 11.3 Å². The van der Waals surface area contributed by atoms with Crippen LogP contribution >= 0.6 is 15.9 Å². The first-order valence-electron chi connectivity index (χ1n) is 12.2. The molecule has 0 radical (unpaired) electrons. The minimum absolute atomic E-state index is 0.0358. The fourth-order valence-corrected chi connectivity index (χ4v) is 6.06. The van der Waals surface area contributed by atoms with Crippen LogP contribution in [0, 0.1) is 5.82 Å². The molecule has 0 aliphatic carbocycles. The second-order valence-corrected chi connectivity index (χ2v) is 11.6. The Morgan fingerprint density at radius 3 is 2.57 bits per heavy atom. The van der Waals surface area contributed by atoms with E-state index in [-0.39, 0.29) is 18.0 Å². The van der Waals surface area contributed by atoms with Crippen LogP contribution in [-0.4, -0.2) is 47.7 Å². The van der Waals surface area contributed by atoms with Crippen LogP contribution in [0.5, 0.6) is 0 Å². The number of nitrogens with one attached hydrogen (secondary N) is 2. The standard InChI is InChI=1S/C26H29BrFN5O3S/c1-2-3-14-29-26-31-21(16-23(32-26)18-6-8-19(27)9-7-18)17-30-25(34)24-5-4-15-33(24)37(35,36)22-12-10-20(28)11-13-22/h6-13,16,24H,2-5,14-15,17H2,1H3,(H,30,34)(H,29,31,32). The number of unbranched alkanes of at least 4 members (excludes halogenated alkanes) is 1. The molecule has 196 valence electrons. The largest absolute Gasteiger partial charge is 0.354 e. The zero-order valence-electron chi connectivity index (χ0n) is 20.5. The lowest BCUT2D eigenvalue weighted by molar-refractivity contribution is -0.124. The number of carbonyl (C=O) groups is 1. The molecule has 37 heavy (non-hydrogen) atoms. The zero-order chi connectivity index (χ0) is 26.4. The first-order chi connectivity index (χ1) is 17.8. The number of carbonyl (C=O) groups excluding carboxylic acids is 1. The van der Waals surface area contributed by atoms with Crippen LogP contribution in [0.4, 0.5) is 10.3 Å². The molecular formula is C26H29BrFN5O3S. The highest BCUT2D eigenvalue weighted by molar-refractivity contribution is 9.10. The fraction of sp³-hybridized carbons (Fsp3) is 0.346. The maximum atomic E-state index is 13.3. The number of rotatable bonds is 10. The second kappa shape index (κ2) is 12.1. The molecule has 1 aliphatic rings. The van der Waals surface area contributed by atoms with E-state index in [0.717, 1.165) is 41.6 Å². The number of sulfonamides is 1. The summed E-state index contributed by atoms with van der Waals surface area (Å²) in [6.45, 7) is 3.17. The van der Waals surface area contributed by atoms with E-state index in [0.29, 0.717) is 30.2 Å². The summed E-state index contributed by atoms with van der Waals surface area (Å²) in [5.74, 6) is -0.447. The number of aromatic nitrogens is 2. The van der Waals surface area contributed by atoms with Crippen molar-refractivity contribution in [2.24, 2.45) is 0 Å². The van der Waals surface area contributed by atoms with Gasteiger partial charge in [-0.2, -0.15) is 4.31 Å². The monoisotopic (exact) mass is 589 g/mol. The molecule has 1 aliphatic heterocycles. The summed E-state index contributed by atoms with van der Waals surface area (Å²) in [7, 11) is -3.93. The first kappa shape index (κ1) is 27.2. The third-order valence-corrected chi connectivity index (χ3v) is 8.55. The minimum Gasteiger partial charge on any atom is -0.354 e. The molecule has 1 saturated heterocycles. The van der Waals surface area contributed by atoms with E-state index in [1.807, 2.05) is 30.3 Å². The predicted molar refractivity (Wildman–Crippen MR) is 144 cm³/mol. The first-order valence-corrected chi connectivity index (χ1v) is 14.4. The summed E-state index contributed by atoms with van der Waals surface area (Å²) < 4.78 is 41.7. The second-order valence-electron chi connectivity index (χ2n) is 8.80. The van der Waals surface area contributed by atoms with E-state index in [1.54, 1.807) is 0 Å². The number of hydrogen-bond donors (Lipinski definition) is 2. The highest BCUT2D eigenvalue weighted by Crippen LogP contribution is 2.27. The smallest absolute Gasteiger partial charge is 0.243 e. The third kappa shape index (κ3) is 6.71. The lowest BCUT2D eigenvalue weighted by Crippen LogP contribution is -2.45. The normalized spacial score (nSPS) is 16.0. The number of halogens is 2. The molecule has 2 N–H and O–H groups in total. The van der Waals surface area contributed by atoms with Crippen LogP contribution in [-0.2, 0) is 21.4 Å². The molecule has 1 unspecified atom stereocenters. The molecule has 2 heterocycles. The lowest BCUT2D eigenvalue weighted by atomic mass is 10.1. The van der Waals surface area contributed by atoms with E-state index < -0.39 is 27.8 Å². The van der Waals surface area contributed by atoms with Crippen LogP contribution < -0.4 is 10.6 Å². The van der Waals surface area contributed by atoms with Gasteiger partial charge in [0.25, 0.3) is 0 Å². The van der Waals surface area contributed by atoms with Gasteiger partial charge in [-0.15, -0.1) is 0 Å². The predicted octanol–water partition coefficient (Wildman–Crippen LogP) is 4.73. The summed E-state index contributed by atoms with van der Waals surface area (Å²) in [6.07, 6.45) is 2.97. The van der Waals surface area contributed by atoms with E-state index >= 15 is 0 Å². The summed E-state index contributed by atoms with van der Waals surface area (Å²) in [6, 6.07) is 13.4. The quantitative estimate of drug-likeness (QED) is 0.331. The highest BCUT2D eigenvalue weighted by Gasteiger charge is 2.39. The average Bonchev–Trinajstić information content (AvgIpc) is 3.39. The Bertz CT molecular complexity index is 1340. The van der Waals surface area contributed by atoms with Crippen molar-refractivity contribution in [1.82, 2.24) is 19.6 Å². The molecule has 11 heteroatoms. The van der Waals surface area contributed by atoms with Gasteiger partial charge in [0, 0.05) is 23.1 Å². The summed E-state index contributed by atoms with van der Waals surface area (Å²) in [5.41, 5.74) is 2.22. The molecule has 2 aromatic carbocycles. The summed E-state index contributed by atoms with van der Waals surface area (Å²) in [4.78, 5) is 22.3. The SMILES string of the molecule is CCCCNc1nc(CNC(=O)C2CCCN2S(=O)(=O)c2ccc(F)cc2)cc(-c2ccc(Br)cc2)n1. The van der Waals surface area contributed by atoms with Gasteiger partial charge in [0.1, 0.15) is 11.9 Å². The van der Waals surface area contributed by atoms with Gasteiger partial charge in [0.15, 0.2) is 0 Å². The molecule has 1 amide bonds. The van der Waals surface area contributed by atoms with Crippen molar-refractivity contribution >= 4 is 37.8 Å². The fourth-order valence-electron chi connectivity index (χ4n) is 4.14. The molecular weight excluding hydrogens is 561 g/mol. The number of anilines is 1. The van der Waals surface area contributed by atoms with Gasteiger partial charge in [-0.1, -0.05) is 41.4 Å². The van der Waals surface area contributed by atoms with Crippen molar-refractivity contribution in [1.29, 1.82) is 0 Å². The Labute approximate surface area is 224 Å². The molecule has 1 aromatic heterocycles. The maximum absolute atomic E-state index is 13.3. The van der Waals surface area contributed by atoms with Crippen LogP contribution in [0.2, 0.25) is 0 Å². The van der Waals surface area contributed by atoms with Crippen molar-refractivity contribution < 1.29 is 17.6 Å². The molecule has 0 saturated carbocycles. The van der Waals surface area contributed by atoms with Crippen molar-refractivity contribution in [2.45, 2.75) is 50.1 Å². The molecule has 1 atom stereocenters. The topological polar surface area (TPSA) is 104 Å².